The van der Waals surface area contributed by atoms with Gasteiger partial charge >= 0.3 is 6.03 Å². The van der Waals surface area contributed by atoms with Crippen LogP contribution in [0.25, 0.3) is 10.9 Å². The van der Waals surface area contributed by atoms with E-state index in [1.165, 1.54) is 5.52 Å². The zero-order valence-corrected chi connectivity index (χ0v) is 11.6. The van der Waals surface area contributed by atoms with E-state index < -0.39 is 0 Å². The van der Waals surface area contributed by atoms with E-state index in [-0.39, 0.29) is 11.9 Å². The summed E-state index contributed by atoms with van der Waals surface area (Å²) in [5.74, 6) is -0.206. The van der Waals surface area contributed by atoms with E-state index in [1.54, 1.807) is 4.90 Å². The first-order valence-corrected chi connectivity index (χ1v) is 6.81. The number of hydrogen-bond donors (Lipinski definition) is 1. The van der Waals surface area contributed by atoms with Gasteiger partial charge in [-0.15, -0.1) is 0 Å². The van der Waals surface area contributed by atoms with Crippen LogP contribution in [0.15, 0.2) is 24.4 Å². The zero-order valence-electron chi connectivity index (χ0n) is 11.6. The molecule has 0 bridgehead atoms. The standard InChI is InChI=1S/C15H17N3O2/c1-3-17-8-6-11-10(2)12(4-5-13(11)17)18-9-7-14(19)16-15(18)20/h4-6,8H,3,7,9H2,1-2H3,(H,16,19,20). The predicted octanol–water partition coefficient (Wildman–Crippen LogP) is 2.42. The summed E-state index contributed by atoms with van der Waals surface area (Å²) in [5, 5.41) is 3.51. The topological polar surface area (TPSA) is 54.3 Å². The zero-order chi connectivity index (χ0) is 14.3. The van der Waals surface area contributed by atoms with Crippen LogP contribution in [0.3, 0.4) is 0 Å². The van der Waals surface area contributed by atoms with E-state index in [1.807, 2.05) is 19.1 Å². The molecule has 3 rings (SSSR count). The maximum absolute atomic E-state index is 11.9. The van der Waals surface area contributed by atoms with Gasteiger partial charge in [-0.2, -0.15) is 0 Å². The van der Waals surface area contributed by atoms with E-state index in [4.69, 9.17) is 0 Å². The quantitative estimate of drug-likeness (QED) is 0.912. The summed E-state index contributed by atoms with van der Waals surface area (Å²) in [7, 11) is 0. The highest BCUT2D eigenvalue weighted by atomic mass is 16.2. The minimum Gasteiger partial charge on any atom is -0.348 e. The van der Waals surface area contributed by atoms with Crippen LogP contribution in [0, 0.1) is 6.92 Å². The average molecular weight is 271 g/mol. The lowest BCUT2D eigenvalue weighted by molar-refractivity contribution is -0.120. The second-order valence-corrected chi connectivity index (χ2v) is 5.00. The third-order valence-corrected chi connectivity index (χ3v) is 3.88. The minimum atomic E-state index is -0.335. The molecule has 0 saturated carbocycles. The Hall–Kier alpha value is -2.30. The van der Waals surface area contributed by atoms with Gasteiger partial charge in [-0.1, -0.05) is 0 Å². The Morgan fingerprint density at radius 1 is 1.25 bits per heavy atom. The normalized spacial score (nSPS) is 15.8. The number of benzene rings is 1. The molecule has 3 amide bonds. The van der Waals surface area contributed by atoms with Gasteiger partial charge in [0.15, 0.2) is 0 Å². The number of carbonyl (C=O) groups is 2. The fraction of sp³-hybridized carbons (Fsp3) is 0.333. The molecule has 1 aliphatic rings. The molecule has 1 aliphatic heterocycles. The van der Waals surface area contributed by atoms with Crippen molar-refractivity contribution in [3.63, 3.8) is 0 Å². The number of urea groups is 1. The summed E-state index contributed by atoms with van der Waals surface area (Å²) in [6.07, 6.45) is 2.40. The van der Waals surface area contributed by atoms with E-state index in [2.05, 4.69) is 29.1 Å². The molecule has 0 atom stereocenters. The summed E-state index contributed by atoms with van der Waals surface area (Å²) < 4.78 is 2.17. The average Bonchev–Trinajstić information content (AvgIpc) is 2.84. The van der Waals surface area contributed by atoms with E-state index in [9.17, 15) is 9.59 Å². The van der Waals surface area contributed by atoms with Crippen molar-refractivity contribution in [3.8, 4) is 0 Å². The number of hydrogen-bond acceptors (Lipinski definition) is 2. The molecule has 2 heterocycles. The van der Waals surface area contributed by atoms with Crippen LogP contribution in [-0.4, -0.2) is 23.1 Å². The van der Waals surface area contributed by atoms with Crippen LogP contribution in [0.2, 0.25) is 0 Å². The molecule has 2 aromatic rings. The molecule has 20 heavy (non-hydrogen) atoms. The van der Waals surface area contributed by atoms with Gasteiger partial charge in [0.2, 0.25) is 5.91 Å². The third kappa shape index (κ3) is 1.86. The SMILES string of the molecule is CCn1ccc2c(C)c(N3CCC(=O)NC3=O)ccc21. The number of aromatic nitrogens is 1. The van der Waals surface area contributed by atoms with Crippen molar-refractivity contribution in [2.75, 3.05) is 11.4 Å². The fourth-order valence-corrected chi connectivity index (χ4v) is 2.77. The molecule has 0 aliphatic carbocycles. The Bertz CT molecular complexity index is 702. The number of rotatable bonds is 2. The smallest absolute Gasteiger partial charge is 0.328 e. The summed E-state index contributed by atoms with van der Waals surface area (Å²) in [6, 6.07) is 5.73. The summed E-state index contributed by atoms with van der Waals surface area (Å²) in [4.78, 5) is 24.8. The number of carbonyl (C=O) groups excluding carboxylic acids is 2. The van der Waals surface area contributed by atoms with Gasteiger partial charge in [-0.3, -0.25) is 15.0 Å². The highest BCUT2D eigenvalue weighted by Gasteiger charge is 2.25. The first kappa shape index (κ1) is 12.7. The molecule has 0 spiro atoms. The summed E-state index contributed by atoms with van der Waals surface area (Å²) >= 11 is 0. The highest BCUT2D eigenvalue weighted by Crippen LogP contribution is 2.30. The molecule has 1 aromatic carbocycles. The Kier molecular flexibility index (Phi) is 2.97. The number of anilines is 1. The van der Waals surface area contributed by atoms with Gasteiger partial charge in [0.05, 0.1) is 0 Å². The molecule has 104 valence electrons. The van der Waals surface area contributed by atoms with Gasteiger partial charge in [0.25, 0.3) is 0 Å². The number of aryl methyl sites for hydroxylation is 2. The maximum atomic E-state index is 11.9. The first-order valence-electron chi connectivity index (χ1n) is 6.81. The van der Waals surface area contributed by atoms with Gasteiger partial charge in [0.1, 0.15) is 0 Å². The Balaban J connectivity index is 2.06. The van der Waals surface area contributed by atoms with E-state index >= 15 is 0 Å². The number of imide groups is 1. The summed E-state index contributed by atoms with van der Waals surface area (Å²) in [5.41, 5.74) is 3.11. The van der Waals surface area contributed by atoms with Crippen molar-refractivity contribution >= 4 is 28.5 Å². The maximum Gasteiger partial charge on any atom is 0.328 e. The molecule has 5 nitrogen and oxygen atoms in total. The largest absolute Gasteiger partial charge is 0.348 e. The molecular weight excluding hydrogens is 254 g/mol. The second-order valence-electron chi connectivity index (χ2n) is 5.00. The van der Waals surface area contributed by atoms with Crippen molar-refractivity contribution in [1.82, 2.24) is 9.88 Å². The number of nitrogens with one attached hydrogen (secondary N) is 1. The van der Waals surface area contributed by atoms with Crippen molar-refractivity contribution < 1.29 is 9.59 Å². The molecule has 1 fully saturated rings. The van der Waals surface area contributed by atoms with Crippen molar-refractivity contribution in [1.29, 1.82) is 0 Å². The van der Waals surface area contributed by atoms with Crippen LogP contribution >= 0.6 is 0 Å². The van der Waals surface area contributed by atoms with Crippen molar-refractivity contribution in [2.45, 2.75) is 26.8 Å². The Labute approximate surface area is 117 Å². The van der Waals surface area contributed by atoms with E-state index in [0.29, 0.717) is 13.0 Å². The van der Waals surface area contributed by atoms with Crippen LogP contribution in [-0.2, 0) is 11.3 Å². The Morgan fingerprint density at radius 3 is 2.75 bits per heavy atom. The molecule has 0 radical (unpaired) electrons. The van der Waals surface area contributed by atoms with Crippen molar-refractivity contribution in [2.24, 2.45) is 0 Å². The summed E-state index contributed by atoms with van der Waals surface area (Å²) in [6.45, 7) is 5.47. The third-order valence-electron chi connectivity index (χ3n) is 3.88. The molecule has 5 heteroatoms. The van der Waals surface area contributed by atoms with Crippen molar-refractivity contribution in [3.05, 3.63) is 30.0 Å². The number of nitrogens with zero attached hydrogens (tertiary/aromatic N) is 2. The molecule has 1 N–H and O–H groups in total. The number of amides is 3. The molecule has 0 unspecified atom stereocenters. The van der Waals surface area contributed by atoms with E-state index in [0.717, 1.165) is 23.2 Å². The lowest BCUT2D eigenvalue weighted by Gasteiger charge is -2.28. The Morgan fingerprint density at radius 2 is 2.05 bits per heavy atom. The molecular formula is C15H17N3O2. The lowest BCUT2D eigenvalue weighted by atomic mass is 10.1. The predicted molar refractivity (Wildman–Crippen MR) is 77.9 cm³/mol. The first-order chi connectivity index (χ1) is 9.61. The van der Waals surface area contributed by atoms with Gasteiger partial charge < -0.3 is 4.57 Å². The number of fused-ring (bicyclic) bond motifs is 1. The van der Waals surface area contributed by atoms with Crippen LogP contribution < -0.4 is 10.2 Å². The second kappa shape index (κ2) is 4.67. The van der Waals surface area contributed by atoms with Gasteiger partial charge in [-0.05, 0) is 37.6 Å². The highest BCUT2D eigenvalue weighted by molar-refractivity contribution is 6.07. The van der Waals surface area contributed by atoms with Crippen LogP contribution in [0.4, 0.5) is 10.5 Å². The van der Waals surface area contributed by atoms with Gasteiger partial charge in [-0.25, -0.2) is 4.79 Å². The van der Waals surface area contributed by atoms with Crippen LogP contribution in [0.1, 0.15) is 18.9 Å². The van der Waals surface area contributed by atoms with Crippen LogP contribution in [0.5, 0.6) is 0 Å². The fourth-order valence-electron chi connectivity index (χ4n) is 2.77. The minimum absolute atomic E-state index is 0.206. The molecule has 1 saturated heterocycles. The molecule has 1 aromatic heterocycles. The lowest BCUT2D eigenvalue weighted by Crippen LogP contribution is -2.49. The monoisotopic (exact) mass is 271 g/mol. The van der Waals surface area contributed by atoms with Gasteiger partial charge in [0, 0.05) is 42.3 Å².